The number of nitrogens with zero attached hydrogens (tertiary/aromatic N) is 3. The van der Waals surface area contributed by atoms with Gasteiger partial charge in [-0.2, -0.15) is 0 Å². The highest BCUT2D eigenvalue weighted by atomic mass is 79.9. The first kappa shape index (κ1) is 17.2. The molecule has 0 unspecified atom stereocenters. The summed E-state index contributed by atoms with van der Waals surface area (Å²) in [6, 6.07) is 0. The van der Waals surface area contributed by atoms with E-state index in [1.807, 2.05) is 31.4 Å². The van der Waals surface area contributed by atoms with Gasteiger partial charge in [-0.15, -0.1) is 0 Å². The Balaban J connectivity index is 1.99. The van der Waals surface area contributed by atoms with Crippen LogP contribution >= 0.6 is 15.9 Å². The Labute approximate surface area is 149 Å². The Morgan fingerprint density at radius 2 is 2.12 bits per heavy atom. The van der Waals surface area contributed by atoms with Crippen molar-refractivity contribution in [2.45, 2.75) is 58.5 Å². The predicted molar refractivity (Wildman–Crippen MR) is 95.6 cm³/mol. The van der Waals surface area contributed by atoms with Gasteiger partial charge in [0.15, 0.2) is 5.82 Å². The van der Waals surface area contributed by atoms with Crippen LogP contribution in [0.4, 0.5) is 5.82 Å². The molecule has 0 aromatic carbocycles. The van der Waals surface area contributed by atoms with Crippen LogP contribution in [0.1, 0.15) is 52.8 Å². The molecule has 24 heavy (non-hydrogen) atoms. The van der Waals surface area contributed by atoms with Gasteiger partial charge in [0.05, 0.1) is 11.5 Å². The van der Waals surface area contributed by atoms with Crippen LogP contribution in [0.5, 0.6) is 0 Å². The summed E-state index contributed by atoms with van der Waals surface area (Å²) in [6.07, 6.45) is 5.77. The number of ether oxygens (including phenoxy) is 1. The van der Waals surface area contributed by atoms with Crippen LogP contribution in [-0.4, -0.2) is 26.4 Å². The van der Waals surface area contributed by atoms with Gasteiger partial charge in [-0.1, -0.05) is 6.92 Å². The maximum Gasteiger partial charge on any atom is 0.312 e. The van der Waals surface area contributed by atoms with Crippen LogP contribution in [0.25, 0.3) is 5.52 Å². The average Bonchev–Trinajstić information content (AvgIpc) is 2.99. The summed E-state index contributed by atoms with van der Waals surface area (Å²) in [6.45, 7) is 7.90. The molecular formula is C17H23BrN4O2. The number of carbonyl (C=O) groups is 1. The van der Waals surface area contributed by atoms with E-state index >= 15 is 0 Å². The summed E-state index contributed by atoms with van der Waals surface area (Å²) in [4.78, 5) is 21.4. The molecule has 130 valence electrons. The molecule has 6 nitrogen and oxygen atoms in total. The van der Waals surface area contributed by atoms with Gasteiger partial charge < -0.3 is 10.5 Å². The number of imidazole rings is 1. The number of hydrogen-bond acceptors (Lipinski definition) is 5. The van der Waals surface area contributed by atoms with Crippen LogP contribution in [0.3, 0.4) is 0 Å². The fourth-order valence-corrected chi connectivity index (χ4v) is 4.32. The van der Waals surface area contributed by atoms with E-state index in [-0.39, 0.29) is 17.5 Å². The molecule has 2 N–H and O–H groups in total. The number of esters is 1. The van der Waals surface area contributed by atoms with Gasteiger partial charge in [0.1, 0.15) is 15.9 Å². The van der Waals surface area contributed by atoms with Gasteiger partial charge in [0, 0.05) is 17.8 Å². The molecule has 1 saturated carbocycles. The van der Waals surface area contributed by atoms with Crippen molar-refractivity contribution in [2.24, 2.45) is 5.41 Å². The Kier molecular flexibility index (Phi) is 4.10. The van der Waals surface area contributed by atoms with Crippen LogP contribution in [0, 0.1) is 5.41 Å². The Morgan fingerprint density at radius 3 is 2.79 bits per heavy atom. The topological polar surface area (TPSA) is 82.5 Å². The zero-order valence-corrected chi connectivity index (χ0v) is 16.1. The first-order valence-electron chi connectivity index (χ1n) is 8.16. The number of nitrogen functional groups attached to an aromatic ring is 1. The SMILES string of the molecule is CC(C)OC(=O)[C@]1(C)CC[C@](C)(c2nc(Br)c3c(N)nccn23)C1. The smallest absolute Gasteiger partial charge is 0.312 e. The fourth-order valence-electron chi connectivity index (χ4n) is 3.76. The van der Waals surface area contributed by atoms with Crippen molar-refractivity contribution in [1.29, 1.82) is 0 Å². The van der Waals surface area contributed by atoms with Crippen molar-refractivity contribution in [3.8, 4) is 0 Å². The van der Waals surface area contributed by atoms with E-state index in [4.69, 9.17) is 15.5 Å². The van der Waals surface area contributed by atoms with Gasteiger partial charge in [-0.3, -0.25) is 9.20 Å². The number of rotatable bonds is 3. The van der Waals surface area contributed by atoms with Crippen molar-refractivity contribution >= 4 is 33.2 Å². The Bertz CT molecular complexity index is 803. The molecule has 1 fully saturated rings. The number of halogens is 1. The molecule has 3 rings (SSSR count). The predicted octanol–water partition coefficient (Wildman–Crippen LogP) is 3.47. The first-order chi connectivity index (χ1) is 11.2. The minimum absolute atomic E-state index is 0.103. The zero-order chi connectivity index (χ0) is 17.7. The Hall–Kier alpha value is -1.63. The van der Waals surface area contributed by atoms with Gasteiger partial charge in [0.2, 0.25) is 0 Å². The molecule has 1 aliphatic carbocycles. The van der Waals surface area contributed by atoms with Crippen molar-refractivity contribution in [1.82, 2.24) is 14.4 Å². The summed E-state index contributed by atoms with van der Waals surface area (Å²) in [5, 5.41) is 0. The van der Waals surface area contributed by atoms with Crippen molar-refractivity contribution in [2.75, 3.05) is 5.73 Å². The fraction of sp³-hybridized carbons (Fsp3) is 0.588. The molecule has 0 bridgehead atoms. The van der Waals surface area contributed by atoms with Gasteiger partial charge in [0.25, 0.3) is 0 Å². The molecule has 0 aliphatic heterocycles. The van der Waals surface area contributed by atoms with Crippen LogP contribution in [-0.2, 0) is 14.9 Å². The number of anilines is 1. The lowest BCUT2D eigenvalue weighted by molar-refractivity contribution is -0.158. The second kappa shape index (κ2) is 5.72. The molecular weight excluding hydrogens is 372 g/mol. The van der Waals surface area contributed by atoms with Gasteiger partial charge in [-0.05, 0) is 56.0 Å². The molecule has 2 aromatic rings. The number of carbonyl (C=O) groups excluding carboxylic acids is 1. The highest BCUT2D eigenvalue weighted by Crippen LogP contribution is 2.51. The molecule has 0 saturated heterocycles. The second-order valence-corrected chi connectivity index (χ2v) is 8.26. The molecule has 2 atom stereocenters. The average molecular weight is 395 g/mol. The maximum atomic E-state index is 12.5. The molecule has 0 radical (unpaired) electrons. The number of fused-ring (bicyclic) bond motifs is 1. The normalized spacial score (nSPS) is 27.1. The number of aromatic nitrogens is 3. The third-order valence-electron chi connectivity index (χ3n) is 4.92. The molecule has 0 amide bonds. The van der Waals surface area contributed by atoms with Gasteiger partial charge in [-0.25, -0.2) is 9.97 Å². The lowest BCUT2D eigenvalue weighted by Crippen LogP contribution is -2.32. The van der Waals surface area contributed by atoms with E-state index in [1.165, 1.54) is 0 Å². The zero-order valence-electron chi connectivity index (χ0n) is 14.5. The monoisotopic (exact) mass is 394 g/mol. The third kappa shape index (κ3) is 2.68. The van der Waals surface area contributed by atoms with Gasteiger partial charge >= 0.3 is 5.97 Å². The highest BCUT2D eigenvalue weighted by Gasteiger charge is 2.51. The van der Waals surface area contributed by atoms with E-state index in [0.29, 0.717) is 16.8 Å². The summed E-state index contributed by atoms with van der Waals surface area (Å²) in [7, 11) is 0. The quantitative estimate of drug-likeness (QED) is 0.805. The van der Waals surface area contributed by atoms with Crippen LogP contribution in [0.2, 0.25) is 0 Å². The van der Waals surface area contributed by atoms with E-state index in [0.717, 1.165) is 24.2 Å². The minimum atomic E-state index is -0.490. The van der Waals surface area contributed by atoms with E-state index in [1.54, 1.807) is 6.20 Å². The number of hydrogen-bond donors (Lipinski definition) is 1. The minimum Gasteiger partial charge on any atom is -0.463 e. The summed E-state index contributed by atoms with van der Waals surface area (Å²) >= 11 is 3.49. The first-order valence-corrected chi connectivity index (χ1v) is 8.95. The number of nitrogens with two attached hydrogens (primary N) is 1. The van der Waals surface area contributed by atoms with Crippen molar-refractivity contribution in [3.63, 3.8) is 0 Å². The Morgan fingerprint density at radius 1 is 1.42 bits per heavy atom. The van der Waals surface area contributed by atoms with E-state index in [2.05, 4.69) is 27.8 Å². The molecule has 2 aromatic heterocycles. The largest absolute Gasteiger partial charge is 0.463 e. The highest BCUT2D eigenvalue weighted by molar-refractivity contribution is 9.10. The molecule has 7 heteroatoms. The summed E-state index contributed by atoms with van der Waals surface area (Å²) < 4.78 is 8.13. The van der Waals surface area contributed by atoms with E-state index in [9.17, 15) is 4.79 Å². The lowest BCUT2D eigenvalue weighted by atomic mass is 9.81. The standard InChI is InChI=1S/C17H23BrN4O2/c1-10(2)24-15(23)17(4)6-5-16(3,9-17)14-21-12(18)11-13(19)20-7-8-22(11)14/h7-8,10H,5-6,9H2,1-4H3,(H2,19,20)/t16-,17+/m0/s1. The van der Waals surface area contributed by atoms with Crippen molar-refractivity contribution in [3.05, 3.63) is 22.8 Å². The molecule has 2 heterocycles. The van der Waals surface area contributed by atoms with Crippen LogP contribution < -0.4 is 5.73 Å². The summed E-state index contributed by atoms with van der Waals surface area (Å²) in [5.74, 6) is 1.22. The lowest BCUT2D eigenvalue weighted by Gasteiger charge is -2.27. The van der Waals surface area contributed by atoms with Crippen molar-refractivity contribution < 1.29 is 9.53 Å². The molecule has 0 spiro atoms. The third-order valence-corrected chi connectivity index (χ3v) is 5.48. The van der Waals surface area contributed by atoms with E-state index < -0.39 is 5.41 Å². The maximum absolute atomic E-state index is 12.5. The van der Waals surface area contributed by atoms with Crippen LogP contribution in [0.15, 0.2) is 17.0 Å². The molecule has 1 aliphatic rings. The second-order valence-electron chi connectivity index (χ2n) is 7.51. The summed E-state index contributed by atoms with van der Waals surface area (Å²) in [5.41, 5.74) is 6.04.